The van der Waals surface area contributed by atoms with E-state index in [1.807, 2.05) is 30.3 Å². The summed E-state index contributed by atoms with van der Waals surface area (Å²) >= 11 is 0. The van der Waals surface area contributed by atoms with Crippen LogP contribution in [0, 0.1) is 23.7 Å². The number of benzene rings is 1. The first-order chi connectivity index (χ1) is 15.6. The van der Waals surface area contributed by atoms with Crippen molar-refractivity contribution in [2.45, 2.75) is 57.8 Å². The van der Waals surface area contributed by atoms with E-state index in [9.17, 15) is 14.4 Å². The number of carbonyl (C=O) groups is 3. The molecule has 6 nitrogen and oxygen atoms in total. The molecule has 0 aromatic heterocycles. The molecule has 0 bridgehead atoms. The second-order valence-electron chi connectivity index (χ2n) is 8.85. The highest BCUT2D eigenvalue weighted by atomic mass is 16.5. The average molecular weight is 443 g/mol. The lowest BCUT2D eigenvalue weighted by atomic mass is 9.69. The minimum atomic E-state index is -0.461. The zero-order chi connectivity index (χ0) is 22.8. The van der Waals surface area contributed by atoms with Crippen molar-refractivity contribution in [1.29, 1.82) is 0 Å². The molecule has 0 radical (unpaired) electrons. The molecule has 3 rings (SSSR count). The van der Waals surface area contributed by atoms with E-state index in [4.69, 9.17) is 14.2 Å². The highest BCUT2D eigenvalue weighted by Gasteiger charge is 2.35. The number of ether oxygens (including phenoxy) is 3. The van der Waals surface area contributed by atoms with Crippen molar-refractivity contribution in [1.82, 2.24) is 0 Å². The van der Waals surface area contributed by atoms with E-state index in [0.717, 1.165) is 57.4 Å². The van der Waals surface area contributed by atoms with Crippen LogP contribution in [0.1, 0.15) is 57.8 Å². The third-order valence-electron chi connectivity index (χ3n) is 6.78. The molecule has 0 heterocycles. The molecule has 0 atom stereocenters. The Morgan fingerprint density at radius 2 is 1.31 bits per heavy atom. The van der Waals surface area contributed by atoms with Gasteiger partial charge in [-0.1, -0.05) is 24.8 Å². The van der Waals surface area contributed by atoms with Gasteiger partial charge in [0.25, 0.3) is 0 Å². The van der Waals surface area contributed by atoms with Gasteiger partial charge in [0.15, 0.2) is 0 Å². The van der Waals surface area contributed by atoms with Crippen LogP contribution >= 0.6 is 0 Å². The molecule has 0 saturated heterocycles. The van der Waals surface area contributed by atoms with E-state index in [0.29, 0.717) is 24.0 Å². The zero-order valence-electron chi connectivity index (χ0n) is 18.7. The Bertz CT molecular complexity index is 758. The molecule has 174 valence electrons. The number of para-hydroxylation sites is 1. The van der Waals surface area contributed by atoms with Crippen LogP contribution in [-0.4, -0.2) is 31.1 Å². The van der Waals surface area contributed by atoms with E-state index in [2.05, 4.69) is 6.58 Å². The SMILES string of the molecule is C=CC(=O)OCCCOC(=O)C1CCC(C2CCC(C(=O)Oc3ccccc3)CC2)CC1. The number of hydrogen-bond acceptors (Lipinski definition) is 6. The number of carbonyl (C=O) groups excluding carboxylic acids is 3. The van der Waals surface area contributed by atoms with Gasteiger partial charge in [0, 0.05) is 12.5 Å². The summed E-state index contributed by atoms with van der Waals surface area (Å²) < 4.78 is 15.8. The fourth-order valence-corrected chi connectivity index (χ4v) is 4.92. The van der Waals surface area contributed by atoms with E-state index in [1.54, 1.807) is 0 Å². The molecule has 32 heavy (non-hydrogen) atoms. The van der Waals surface area contributed by atoms with E-state index < -0.39 is 5.97 Å². The number of rotatable bonds is 9. The Hall–Kier alpha value is -2.63. The third kappa shape index (κ3) is 7.21. The maximum atomic E-state index is 12.4. The summed E-state index contributed by atoms with van der Waals surface area (Å²) in [6, 6.07) is 9.26. The smallest absolute Gasteiger partial charge is 0.330 e. The monoisotopic (exact) mass is 442 g/mol. The summed E-state index contributed by atoms with van der Waals surface area (Å²) in [5.74, 6) is 1.13. The van der Waals surface area contributed by atoms with Crippen molar-refractivity contribution in [2.24, 2.45) is 23.7 Å². The highest BCUT2D eigenvalue weighted by Crippen LogP contribution is 2.41. The average Bonchev–Trinajstić information content (AvgIpc) is 2.84. The first kappa shape index (κ1) is 24.0. The quantitative estimate of drug-likeness (QED) is 0.235. The van der Waals surface area contributed by atoms with Gasteiger partial charge < -0.3 is 14.2 Å². The van der Waals surface area contributed by atoms with Gasteiger partial charge in [-0.3, -0.25) is 9.59 Å². The van der Waals surface area contributed by atoms with Gasteiger partial charge in [-0.05, 0) is 75.3 Å². The molecule has 1 aromatic rings. The summed E-state index contributed by atoms with van der Waals surface area (Å²) in [5.41, 5.74) is 0. The Morgan fingerprint density at radius 1 is 0.781 bits per heavy atom. The van der Waals surface area contributed by atoms with Gasteiger partial charge in [-0.2, -0.15) is 0 Å². The Labute approximate surface area is 190 Å². The van der Waals surface area contributed by atoms with Crippen molar-refractivity contribution in [3.63, 3.8) is 0 Å². The topological polar surface area (TPSA) is 78.9 Å². The van der Waals surface area contributed by atoms with Gasteiger partial charge in [0.1, 0.15) is 5.75 Å². The molecule has 2 aliphatic rings. The van der Waals surface area contributed by atoms with E-state index >= 15 is 0 Å². The summed E-state index contributed by atoms with van der Waals surface area (Å²) in [6.45, 7) is 3.83. The molecular weight excluding hydrogens is 408 g/mol. The van der Waals surface area contributed by atoms with Crippen LogP contribution in [0.2, 0.25) is 0 Å². The molecule has 2 saturated carbocycles. The van der Waals surface area contributed by atoms with Crippen LogP contribution in [-0.2, 0) is 23.9 Å². The van der Waals surface area contributed by atoms with Crippen molar-refractivity contribution in [3.05, 3.63) is 43.0 Å². The molecule has 0 unspecified atom stereocenters. The van der Waals surface area contributed by atoms with Gasteiger partial charge in [0.2, 0.25) is 0 Å². The predicted octanol–water partition coefficient (Wildman–Crippen LogP) is 4.87. The fourth-order valence-electron chi connectivity index (χ4n) is 4.92. The Kier molecular flexibility index (Phi) is 9.32. The normalized spacial score (nSPS) is 25.4. The maximum Gasteiger partial charge on any atom is 0.330 e. The van der Waals surface area contributed by atoms with Crippen LogP contribution in [0.25, 0.3) is 0 Å². The van der Waals surface area contributed by atoms with E-state index in [-0.39, 0.29) is 37.0 Å². The minimum Gasteiger partial charge on any atom is -0.465 e. The molecule has 2 fully saturated rings. The van der Waals surface area contributed by atoms with Gasteiger partial charge >= 0.3 is 17.9 Å². The predicted molar refractivity (Wildman–Crippen MR) is 120 cm³/mol. The van der Waals surface area contributed by atoms with Crippen molar-refractivity contribution >= 4 is 17.9 Å². The summed E-state index contributed by atoms with van der Waals surface area (Å²) in [4.78, 5) is 35.7. The first-order valence-electron chi connectivity index (χ1n) is 11.8. The molecular formula is C26H34O6. The molecule has 1 aromatic carbocycles. The van der Waals surface area contributed by atoms with Gasteiger partial charge in [0.05, 0.1) is 25.0 Å². The zero-order valence-corrected chi connectivity index (χ0v) is 18.7. The second kappa shape index (κ2) is 12.4. The summed E-state index contributed by atoms with van der Waals surface area (Å²) in [6.07, 6.45) is 9.31. The summed E-state index contributed by atoms with van der Waals surface area (Å²) in [7, 11) is 0. The maximum absolute atomic E-state index is 12.4. The molecule has 0 spiro atoms. The first-order valence-corrected chi connectivity index (χ1v) is 11.8. The van der Waals surface area contributed by atoms with Gasteiger partial charge in [-0.25, -0.2) is 4.79 Å². The molecule has 0 amide bonds. The van der Waals surface area contributed by atoms with E-state index in [1.165, 1.54) is 0 Å². The largest absolute Gasteiger partial charge is 0.465 e. The molecule has 0 aliphatic heterocycles. The van der Waals surface area contributed by atoms with Crippen molar-refractivity contribution in [3.8, 4) is 5.75 Å². The van der Waals surface area contributed by atoms with Crippen LogP contribution < -0.4 is 4.74 Å². The standard InChI is InChI=1S/C26H34O6/c1-2-24(27)30-17-6-18-31-25(28)21-13-9-19(10-14-21)20-11-15-22(16-12-20)26(29)32-23-7-4-3-5-8-23/h2-5,7-8,19-22H,1,6,9-18H2. The third-order valence-corrected chi connectivity index (χ3v) is 6.78. The minimum absolute atomic E-state index is 0.0106. The van der Waals surface area contributed by atoms with Crippen LogP contribution in [0.15, 0.2) is 43.0 Å². The lowest BCUT2D eigenvalue weighted by molar-refractivity contribution is -0.151. The summed E-state index contributed by atoms with van der Waals surface area (Å²) in [5, 5.41) is 0. The number of hydrogen-bond donors (Lipinski definition) is 0. The second-order valence-corrected chi connectivity index (χ2v) is 8.85. The fraction of sp³-hybridized carbons (Fsp3) is 0.577. The number of esters is 3. The highest BCUT2D eigenvalue weighted by molar-refractivity contribution is 5.81. The van der Waals surface area contributed by atoms with Crippen LogP contribution in [0.4, 0.5) is 0 Å². The lowest BCUT2D eigenvalue weighted by Gasteiger charge is -2.36. The van der Waals surface area contributed by atoms with Crippen LogP contribution in [0.3, 0.4) is 0 Å². The lowest BCUT2D eigenvalue weighted by Crippen LogP contribution is -2.31. The molecule has 0 N–H and O–H groups in total. The van der Waals surface area contributed by atoms with Crippen LogP contribution in [0.5, 0.6) is 5.75 Å². The van der Waals surface area contributed by atoms with Crippen molar-refractivity contribution < 1.29 is 28.6 Å². The Balaban J connectivity index is 1.31. The molecule has 6 heteroatoms. The molecule has 2 aliphatic carbocycles. The Morgan fingerprint density at radius 3 is 1.88 bits per heavy atom. The van der Waals surface area contributed by atoms with Gasteiger partial charge in [-0.15, -0.1) is 0 Å². The van der Waals surface area contributed by atoms with Crippen molar-refractivity contribution in [2.75, 3.05) is 13.2 Å².